The third kappa shape index (κ3) is 4.55. The third-order valence-corrected chi connectivity index (χ3v) is 5.61. The van der Waals surface area contributed by atoms with Crippen LogP contribution in [-0.2, 0) is 12.5 Å². The molecule has 10 heteroatoms. The van der Waals surface area contributed by atoms with Gasteiger partial charge in [0.2, 0.25) is 0 Å². The van der Waals surface area contributed by atoms with Crippen molar-refractivity contribution in [2.75, 3.05) is 6.54 Å². The van der Waals surface area contributed by atoms with Gasteiger partial charge in [0.05, 0.1) is 10.4 Å². The van der Waals surface area contributed by atoms with Crippen molar-refractivity contribution in [1.82, 2.24) is 20.1 Å². The summed E-state index contributed by atoms with van der Waals surface area (Å²) in [4.78, 5) is 12.0. The molecule has 5 nitrogen and oxygen atoms in total. The van der Waals surface area contributed by atoms with Gasteiger partial charge < -0.3 is 9.88 Å². The predicted molar refractivity (Wildman–Crippen MR) is 114 cm³/mol. The van der Waals surface area contributed by atoms with Gasteiger partial charge in [0.1, 0.15) is 12.4 Å². The maximum Gasteiger partial charge on any atom is 0.405 e. The number of carbonyl (C=O) groups excluding carboxylic acids is 1. The second kappa shape index (κ2) is 8.51. The largest absolute Gasteiger partial charge is 0.405 e. The minimum Gasteiger partial charge on any atom is -0.343 e. The number of rotatable bonds is 5. The molecule has 0 atom stereocenters. The molecule has 1 aliphatic carbocycles. The third-order valence-electron chi connectivity index (χ3n) is 5.30. The van der Waals surface area contributed by atoms with Crippen molar-refractivity contribution in [3.63, 3.8) is 0 Å². The zero-order valence-electron chi connectivity index (χ0n) is 16.4. The van der Waals surface area contributed by atoms with Crippen molar-refractivity contribution >= 4 is 29.9 Å². The van der Waals surface area contributed by atoms with Gasteiger partial charge in [-0.1, -0.05) is 41.9 Å². The number of halogens is 5. The smallest absolute Gasteiger partial charge is 0.343 e. The average Bonchev–Trinajstić information content (AvgIpc) is 3.43. The average molecular weight is 471 g/mol. The molecule has 1 fully saturated rings. The molecule has 1 amide bonds. The fourth-order valence-electron chi connectivity index (χ4n) is 3.62. The van der Waals surface area contributed by atoms with E-state index in [0.29, 0.717) is 11.4 Å². The number of benzene rings is 2. The SMILES string of the molecule is Cl.Cn1c(-c2ccc(C(=O)NCC(F)(F)F)cc2Cl)nnc1C1(c2ccccc2)CC1. The van der Waals surface area contributed by atoms with Crippen molar-refractivity contribution in [3.05, 3.63) is 70.5 Å². The van der Waals surface area contributed by atoms with Crippen LogP contribution in [0, 0.1) is 0 Å². The summed E-state index contributed by atoms with van der Waals surface area (Å²) in [5.74, 6) is 0.506. The summed E-state index contributed by atoms with van der Waals surface area (Å²) < 4.78 is 38.8. The van der Waals surface area contributed by atoms with Crippen LogP contribution < -0.4 is 5.32 Å². The van der Waals surface area contributed by atoms with Crippen molar-refractivity contribution in [3.8, 4) is 11.4 Å². The van der Waals surface area contributed by atoms with Gasteiger partial charge in [-0.25, -0.2) is 0 Å². The van der Waals surface area contributed by atoms with E-state index in [2.05, 4.69) is 22.3 Å². The van der Waals surface area contributed by atoms with Gasteiger partial charge in [-0.05, 0) is 36.6 Å². The zero-order valence-corrected chi connectivity index (χ0v) is 18.0. The molecule has 1 N–H and O–H groups in total. The molecule has 31 heavy (non-hydrogen) atoms. The van der Waals surface area contributed by atoms with Crippen LogP contribution in [0.1, 0.15) is 34.6 Å². The standard InChI is InChI=1S/C21H18ClF3N4O.ClH/c1-29-17(27-28-19(29)20(9-10-20)14-5-3-2-4-6-14)15-8-7-13(11-16(15)22)18(30)26-12-21(23,24)25;/h2-8,11H,9-10,12H2,1H3,(H,26,30);1H. The summed E-state index contributed by atoms with van der Waals surface area (Å²) >= 11 is 6.34. The summed E-state index contributed by atoms with van der Waals surface area (Å²) in [5, 5.41) is 10.7. The molecule has 164 valence electrons. The van der Waals surface area contributed by atoms with E-state index < -0.39 is 18.6 Å². The van der Waals surface area contributed by atoms with E-state index in [4.69, 9.17) is 11.6 Å². The number of hydrogen-bond donors (Lipinski definition) is 1. The van der Waals surface area contributed by atoms with Gasteiger partial charge in [-0.15, -0.1) is 22.6 Å². The number of aromatic nitrogens is 3. The molecule has 0 bridgehead atoms. The summed E-state index contributed by atoms with van der Waals surface area (Å²) in [6, 6.07) is 14.4. The van der Waals surface area contributed by atoms with Crippen LogP contribution in [0.2, 0.25) is 5.02 Å². The van der Waals surface area contributed by atoms with Crippen molar-refractivity contribution < 1.29 is 18.0 Å². The quantitative estimate of drug-likeness (QED) is 0.574. The monoisotopic (exact) mass is 470 g/mol. The van der Waals surface area contributed by atoms with Crippen LogP contribution in [0.15, 0.2) is 48.5 Å². The first-order valence-electron chi connectivity index (χ1n) is 9.31. The first-order valence-corrected chi connectivity index (χ1v) is 9.69. The highest BCUT2D eigenvalue weighted by atomic mass is 35.5. The Morgan fingerprint density at radius 3 is 2.42 bits per heavy atom. The van der Waals surface area contributed by atoms with E-state index in [0.717, 1.165) is 18.7 Å². The van der Waals surface area contributed by atoms with Gasteiger partial charge in [0, 0.05) is 18.2 Å². The molecule has 3 aromatic rings. The molecule has 4 rings (SSSR count). The maximum atomic E-state index is 12.3. The Morgan fingerprint density at radius 2 is 1.84 bits per heavy atom. The Balaban J connectivity index is 0.00000272. The highest BCUT2D eigenvalue weighted by Crippen LogP contribution is 2.53. The lowest BCUT2D eigenvalue weighted by molar-refractivity contribution is -0.123. The van der Waals surface area contributed by atoms with Gasteiger partial charge in [0.25, 0.3) is 5.91 Å². The number of nitrogens with zero attached hydrogens (tertiary/aromatic N) is 3. The predicted octanol–water partition coefficient (Wildman–Crippen LogP) is 4.93. The molecule has 0 aliphatic heterocycles. The molecule has 2 aromatic carbocycles. The van der Waals surface area contributed by atoms with E-state index in [1.165, 1.54) is 17.7 Å². The molecular formula is C21H19Cl2F3N4O. The Labute approximate surface area is 188 Å². The maximum absolute atomic E-state index is 12.3. The molecule has 0 spiro atoms. The van der Waals surface area contributed by atoms with Crippen LogP contribution in [-0.4, -0.2) is 33.4 Å². The highest BCUT2D eigenvalue weighted by Gasteiger charge is 2.49. The van der Waals surface area contributed by atoms with Crippen LogP contribution in [0.3, 0.4) is 0 Å². The highest BCUT2D eigenvalue weighted by molar-refractivity contribution is 6.33. The molecule has 1 heterocycles. The van der Waals surface area contributed by atoms with Gasteiger partial charge in [-0.2, -0.15) is 13.2 Å². The van der Waals surface area contributed by atoms with Gasteiger partial charge >= 0.3 is 6.18 Å². The molecular weight excluding hydrogens is 452 g/mol. The minimum atomic E-state index is -4.48. The Hall–Kier alpha value is -2.58. The number of amides is 1. The fraction of sp³-hybridized carbons (Fsp3) is 0.286. The number of nitrogens with one attached hydrogen (secondary N) is 1. The Bertz CT molecular complexity index is 1100. The first-order chi connectivity index (χ1) is 14.2. The number of carbonyl (C=O) groups is 1. The lowest BCUT2D eigenvalue weighted by atomic mass is 9.95. The normalized spacial score (nSPS) is 14.6. The van der Waals surface area contributed by atoms with E-state index >= 15 is 0 Å². The van der Waals surface area contributed by atoms with E-state index in [1.54, 1.807) is 6.07 Å². The van der Waals surface area contributed by atoms with Crippen molar-refractivity contribution in [2.45, 2.75) is 24.4 Å². The fourth-order valence-corrected chi connectivity index (χ4v) is 3.89. The summed E-state index contributed by atoms with van der Waals surface area (Å²) in [6.45, 7) is -1.40. The van der Waals surface area contributed by atoms with E-state index in [-0.39, 0.29) is 28.4 Å². The molecule has 0 saturated heterocycles. The summed E-state index contributed by atoms with van der Waals surface area (Å²) in [7, 11) is 1.86. The second-order valence-corrected chi connectivity index (χ2v) is 7.75. The summed E-state index contributed by atoms with van der Waals surface area (Å²) in [5.41, 5.74) is 1.59. The lowest BCUT2D eigenvalue weighted by Gasteiger charge is -2.15. The molecule has 1 aromatic heterocycles. The first kappa shape index (κ1) is 23.1. The molecule has 0 radical (unpaired) electrons. The van der Waals surface area contributed by atoms with Crippen LogP contribution in [0.25, 0.3) is 11.4 Å². The lowest BCUT2D eigenvalue weighted by Crippen LogP contribution is -2.33. The van der Waals surface area contributed by atoms with Crippen LogP contribution in [0.4, 0.5) is 13.2 Å². The van der Waals surface area contributed by atoms with Crippen LogP contribution in [0.5, 0.6) is 0 Å². The van der Waals surface area contributed by atoms with Gasteiger partial charge in [0.15, 0.2) is 5.82 Å². The minimum absolute atomic E-state index is 0. The molecule has 1 saturated carbocycles. The van der Waals surface area contributed by atoms with Gasteiger partial charge in [-0.3, -0.25) is 4.79 Å². The zero-order chi connectivity index (χ0) is 21.5. The van der Waals surface area contributed by atoms with E-state index in [1.807, 2.05) is 35.1 Å². The number of alkyl halides is 3. The molecule has 1 aliphatic rings. The summed E-state index contributed by atoms with van der Waals surface area (Å²) in [6.07, 6.45) is -2.55. The number of hydrogen-bond acceptors (Lipinski definition) is 3. The Morgan fingerprint density at radius 1 is 1.16 bits per heavy atom. The van der Waals surface area contributed by atoms with Crippen molar-refractivity contribution in [1.29, 1.82) is 0 Å². The van der Waals surface area contributed by atoms with Crippen molar-refractivity contribution in [2.24, 2.45) is 7.05 Å². The van der Waals surface area contributed by atoms with E-state index in [9.17, 15) is 18.0 Å². The topological polar surface area (TPSA) is 59.8 Å². The Kier molecular flexibility index (Phi) is 6.34. The van der Waals surface area contributed by atoms with Crippen LogP contribution >= 0.6 is 24.0 Å². The second-order valence-electron chi connectivity index (χ2n) is 7.35. The molecule has 0 unspecified atom stereocenters.